The van der Waals surface area contributed by atoms with Crippen molar-refractivity contribution in [2.75, 3.05) is 0 Å². The highest BCUT2D eigenvalue weighted by atomic mass is 35.5. The topological polar surface area (TPSA) is 56.9 Å². The Morgan fingerprint density at radius 1 is 1.00 bits per heavy atom. The van der Waals surface area contributed by atoms with Crippen LogP contribution in [0.1, 0.15) is 11.1 Å². The summed E-state index contributed by atoms with van der Waals surface area (Å²) in [6.45, 7) is 4.01. The van der Waals surface area contributed by atoms with E-state index in [0.29, 0.717) is 16.4 Å². The van der Waals surface area contributed by atoms with E-state index in [0.717, 1.165) is 32.3 Å². The van der Waals surface area contributed by atoms with Crippen LogP contribution >= 0.6 is 11.6 Å². The van der Waals surface area contributed by atoms with Gasteiger partial charge in [-0.3, -0.25) is 13.9 Å². The van der Waals surface area contributed by atoms with Crippen LogP contribution in [0.2, 0.25) is 5.02 Å². The monoisotopic (exact) mass is 365 g/mol. The molecule has 0 saturated carbocycles. The van der Waals surface area contributed by atoms with Gasteiger partial charge in [0.1, 0.15) is 0 Å². The predicted octanol–water partition coefficient (Wildman–Crippen LogP) is 3.46. The molecule has 0 atom stereocenters. The molecule has 26 heavy (non-hydrogen) atoms. The van der Waals surface area contributed by atoms with Gasteiger partial charge in [0.2, 0.25) is 0 Å². The number of fused-ring (bicyclic) bond motifs is 2. The van der Waals surface area contributed by atoms with Crippen LogP contribution in [0.3, 0.4) is 0 Å². The zero-order chi connectivity index (χ0) is 18.6. The van der Waals surface area contributed by atoms with Gasteiger partial charge in [-0.2, -0.15) is 4.98 Å². The van der Waals surface area contributed by atoms with Gasteiger partial charge in [-0.25, -0.2) is 4.79 Å². The Morgan fingerprint density at radius 2 is 1.77 bits per heavy atom. The van der Waals surface area contributed by atoms with Gasteiger partial charge < -0.3 is 0 Å². The van der Waals surface area contributed by atoms with E-state index in [4.69, 9.17) is 11.6 Å². The highest BCUT2D eigenvalue weighted by Crippen LogP contribution is 2.31. The molecule has 4 rings (SSSR count). The van der Waals surface area contributed by atoms with Crippen molar-refractivity contribution in [3.05, 3.63) is 79.5 Å². The van der Waals surface area contributed by atoms with Crippen LogP contribution in [-0.4, -0.2) is 14.1 Å². The van der Waals surface area contributed by atoms with Gasteiger partial charge in [0.05, 0.1) is 16.8 Å². The van der Waals surface area contributed by atoms with Crippen LogP contribution in [-0.2, 0) is 7.05 Å². The molecular formula is C20H16ClN3O2. The van der Waals surface area contributed by atoms with E-state index in [1.54, 1.807) is 12.1 Å². The Bertz CT molecular complexity index is 1270. The van der Waals surface area contributed by atoms with Gasteiger partial charge in [-0.05, 0) is 49.1 Å². The average Bonchev–Trinajstić information content (AvgIpc) is 2.59. The summed E-state index contributed by atoms with van der Waals surface area (Å²) in [4.78, 5) is 29.0. The van der Waals surface area contributed by atoms with E-state index in [1.165, 1.54) is 7.05 Å². The van der Waals surface area contributed by atoms with E-state index < -0.39 is 5.69 Å². The van der Waals surface area contributed by atoms with Crippen molar-refractivity contribution in [2.24, 2.45) is 7.05 Å². The smallest absolute Gasteiger partial charge is 0.293 e. The van der Waals surface area contributed by atoms with E-state index in [9.17, 15) is 9.59 Å². The molecule has 0 unspecified atom stereocenters. The van der Waals surface area contributed by atoms with Crippen molar-refractivity contribution in [2.45, 2.75) is 13.8 Å². The number of pyridine rings is 1. The molecule has 0 spiro atoms. The van der Waals surface area contributed by atoms with Crippen LogP contribution in [0.5, 0.6) is 0 Å². The van der Waals surface area contributed by atoms with Crippen molar-refractivity contribution in [1.82, 2.24) is 14.1 Å². The Kier molecular flexibility index (Phi) is 3.70. The van der Waals surface area contributed by atoms with Gasteiger partial charge in [0, 0.05) is 12.1 Å². The molecule has 2 aliphatic heterocycles. The minimum absolute atomic E-state index is 0.333. The fourth-order valence-electron chi connectivity index (χ4n) is 3.29. The lowest BCUT2D eigenvalue weighted by Crippen LogP contribution is -2.35. The maximum atomic E-state index is 12.7. The molecule has 2 aliphatic rings. The third-order valence-electron chi connectivity index (χ3n) is 4.60. The van der Waals surface area contributed by atoms with E-state index >= 15 is 0 Å². The minimum Gasteiger partial charge on any atom is -0.293 e. The van der Waals surface area contributed by atoms with Crippen LogP contribution in [0.4, 0.5) is 0 Å². The van der Waals surface area contributed by atoms with Gasteiger partial charge >= 0.3 is 5.69 Å². The maximum Gasteiger partial charge on any atom is 0.352 e. The molecule has 2 aromatic carbocycles. The normalized spacial score (nSPS) is 11.4. The zero-order valence-corrected chi connectivity index (χ0v) is 15.3. The second-order valence-corrected chi connectivity index (χ2v) is 6.91. The SMILES string of the molecule is Cc1ccc(-n2c3nc(=O)n(C)c(=O)c-3cc3ccc(Cl)cc32)c(C)c1. The van der Waals surface area contributed by atoms with Crippen LogP contribution in [0, 0.1) is 13.8 Å². The maximum absolute atomic E-state index is 12.7. The van der Waals surface area contributed by atoms with Crippen molar-refractivity contribution < 1.29 is 0 Å². The Balaban J connectivity index is 2.29. The number of halogens is 1. The molecule has 0 saturated heterocycles. The van der Waals surface area contributed by atoms with Gasteiger partial charge in [0.25, 0.3) is 5.56 Å². The first-order chi connectivity index (χ1) is 12.4. The number of aromatic nitrogens is 3. The molecule has 2 heterocycles. The molecule has 0 fully saturated rings. The Labute approximate surface area is 154 Å². The zero-order valence-electron chi connectivity index (χ0n) is 14.6. The highest BCUT2D eigenvalue weighted by Gasteiger charge is 2.20. The fourth-order valence-corrected chi connectivity index (χ4v) is 3.45. The lowest BCUT2D eigenvalue weighted by atomic mass is 10.1. The summed E-state index contributed by atoms with van der Waals surface area (Å²) in [6, 6.07) is 13.2. The summed E-state index contributed by atoms with van der Waals surface area (Å²) in [5, 5.41) is 1.42. The number of rotatable bonds is 1. The van der Waals surface area contributed by atoms with E-state index in [2.05, 4.69) is 11.1 Å². The molecule has 0 radical (unpaired) electrons. The molecule has 0 aliphatic carbocycles. The lowest BCUT2D eigenvalue weighted by molar-refractivity contribution is 0.766. The third-order valence-corrected chi connectivity index (χ3v) is 4.84. The average molecular weight is 366 g/mol. The molecule has 0 aromatic heterocycles. The summed E-state index contributed by atoms with van der Waals surface area (Å²) in [7, 11) is 1.44. The quantitative estimate of drug-likeness (QED) is 0.485. The standard InChI is InChI=1S/C20H16ClN3O2/c1-11-4-7-16(12(2)8-11)24-17-10-14(21)6-5-13(17)9-15-18(24)22-20(26)23(3)19(15)25/h4-10H,1-3H3. The summed E-state index contributed by atoms with van der Waals surface area (Å²) in [5.74, 6) is 0.333. The molecule has 6 heteroatoms. The third kappa shape index (κ3) is 2.44. The van der Waals surface area contributed by atoms with Gasteiger partial charge in [0.15, 0.2) is 5.82 Å². The Hall–Kier alpha value is -2.92. The van der Waals surface area contributed by atoms with Gasteiger partial charge in [-0.15, -0.1) is 0 Å². The minimum atomic E-state index is -0.581. The van der Waals surface area contributed by atoms with Crippen LogP contribution in [0.25, 0.3) is 28.0 Å². The largest absolute Gasteiger partial charge is 0.352 e. The number of hydrogen-bond acceptors (Lipinski definition) is 3. The summed E-state index contributed by atoms with van der Waals surface area (Å²) >= 11 is 6.22. The van der Waals surface area contributed by atoms with E-state index in [-0.39, 0.29) is 5.56 Å². The first-order valence-electron chi connectivity index (χ1n) is 8.16. The van der Waals surface area contributed by atoms with E-state index in [1.807, 2.05) is 42.7 Å². The molecule has 0 N–H and O–H groups in total. The fraction of sp³-hybridized carbons (Fsp3) is 0.150. The van der Waals surface area contributed by atoms with Crippen LogP contribution in [0.15, 0.2) is 52.1 Å². The number of aryl methyl sites for hydroxylation is 2. The number of nitrogens with zero attached hydrogens (tertiary/aromatic N) is 3. The Morgan fingerprint density at radius 3 is 2.50 bits per heavy atom. The second-order valence-electron chi connectivity index (χ2n) is 6.47. The number of benzene rings is 2. The summed E-state index contributed by atoms with van der Waals surface area (Å²) in [6.07, 6.45) is 0. The van der Waals surface area contributed by atoms with Crippen molar-refractivity contribution >= 4 is 22.5 Å². The first-order valence-corrected chi connectivity index (χ1v) is 8.54. The molecule has 0 bridgehead atoms. The van der Waals surface area contributed by atoms with Crippen LogP contribution < -0.4 is 11.2 Å². The van der Waals surface area contributed by atoms with Crippen molar-refractivity contribution in [1.29, 1.82) is 0 Å². The number of hydrogen-bond donors (Lipinski definition) is 0. The molecular weight excluding hydrogens is 350 g/mol. The highest BCUT2D eigenvalue weighted by molar-refractivity contribution is 6.31. The summed E-state index contributed by atoms with van der Waals surface area (Å²) in [5.41, 5.74) is 3.23. The van der Waals surface area contributed by atoms with Gasteiger partial charge in [-0.1, -0.05) is 35.4 Å². The predicted molar refractivity (Wildman–Crippen MR) is 104 cm³/mol. The molecule has 5 nitrogen and oxygen atoms in total. The molecule has 130 valence electrons. The summed E-state index contributed by atoms with van der Waals surface area (Å²) < 4.78 is 2.87. The lowest BCUT2D eigenvalue weighted by Gasteiger charge is -2.20. The molecule has 0 amide bonds. The van der Waals surface area contributed by atoms with Crippen molar-refractivity contribution in [3.8, 4) is 17.1 Å². The van der Waals surface area contributed by atoms with Crippen molar-refractivity contribution in [3.63, 3.8) is 0 Å². The first kappa shape index (κ1) is 16.5. The molecule has 2 aromatic rings. The second kappa shape index (κ2) is 5.81.